The number of alkyl halides is 1. The van der Waals surface area contributed by atoms with Crippen molar-refractivity contribution in [1.82, 2.24) is 9.97 Å². The molecule has 0 bridgehead atoms. The van der Waals surface area contributed by atoms with Crippen molar-refractivity contribution in [3.05, 3.63) is 53.6 Å². The van der Waals surface area contributed by atoms with Gasteiger partial charge >= 0.3 is 0 Å². The predicted octanol–water partition coefficient (Wildman–Crippen LogP) is 4.89. The van der Waals surface area contributed by atoms with Crippen LogP contribution in [0.15, 0.2) is 42.7 Å². The number of benzene rings is 2. The molecule has 0 saturated heterocycles. The van der Waals surface area contributed by atoms with Crippen LogP contribution in [0.2, 0.25) is 5.02 Å². The van der Waals surface area contributed by atoms with Crippen LogP contribution in [-0.4, -0.2) is 21.2 Å². The average molecular weight is 424 g/mol. The van der Waals surface area contributed by atoms with Gasteiger partial charge in [-0.15, -0.1) is 0 Å². The van der Waals surface area contributed by atoms with Crippen LogP contribution in [0.5, 0.6) is 0 Å². The molecule has 1 amide bonds. The molecular formula is C17H13BrClFN4O. The zero-order valence-corrected chi connectivity index (χ0v) is 15.2. The molecule has 0 fully saturated rings. The molecule has 2 aromatic carbocycles. The van der Waals surface area contributed by atoms with E-state index in [4.69, 9.17) is 11.6 Å². The molecule has 0 unspecified atom stereocenters. The molecule has 0 atom stereocenters. The average Bonchev–Trinajstić information content (AvgIpc) is 2.59. The van der Waals surface area contributed by atoms with Gasteiger partial charge in [-0.3, -0.25) is 4.79 Å². The van der Waals surface area contributed by atoms with Gasteiger partial charge in [0.25, 0.3) is 0 Å². The van der Waals surface area contributed by atoms with E-state index in [-0.39, 0.29) is 10.9 Å². The van der Waals surface area contributed by atoms with Crippen molar-refractivity contribution in [2.24, 2.45) is 0 Å². The largest absolute Gasteiger partial charge is 0.340 e. The van der Waals surface area contributed by atoms with Crippen LogP contribution in [0, 0.1) is 5.82 Å². The quantitative estimate of drug-likeness (QED) is 0.573. The first kappa shape index (κ1) is 17.6. The van der Waals surface area contributed by atoms with Crippen LogP contribution in [0.4, 0.5) is 21.6 Å². The molecule has 3 rings (SSSR count). The highest BCUT2D eigenvalue weighted by Gasteiger charge is 2.08. The van der Waals surface area contributed by atoms with Crippen molar-refractivity contribution < 1.29 is 9.18 Å². The monoisotopic (exact) mass is 422 g/mol. The number of nitrogens with zero attached hydrogens (tertiary/aromatic N) is 2. The molecule has 0 spiro atoms. The molecule has 0 aliphatic carbocycles. The van der Waals surface area contributed by atoms with Crippen molar-refractivity contribution >= 4 is 61.5 Å². The van der Waals surface area contributed by atoms with Gasteiger partial charge in [0.2, 0.25) is 5.91 Å². The Kier molecular flexibility index (Phi) is 5.45. The van der Waals surface area contributed by atoms with Crippen molar-refractivity contribution in [3.8, 4) is 0 Å². The normalized spacial score (nSPS) is 10.7. The minimum Gasteiger partial charge on any atom is -0.340 e. The number of rotatable bonds is 5. The smallest absolute Gasteiger partial charge is 0.225 e. The highest BCUT2D eigenvalue weighted by Crippen LogP contribution is 2.27. The Morgan fingerprint density at radius 3 is 2.72 bits per heavy atom. The van der Waals surface area contributed by atoms with Gasteiger partial charge in [-0.1, -0.05) is 27.5 Å². The summed E-state index contributed by atoms with van der Waals surface area (Å²) in [6.07, 6.45) is 1.81. The van der Waals surface area contributed by atoms with E-state index in [1.807, 2.05) is 0 Å². The number of anilines is 3. The van der Waals surface area contributed by atoms with Crippen molar-refractivity contribution in [3.63, 3.8) is 0 Å². The fourth-order valence-electron chi connectivity index (χ4n) is 2.25. The number of hydrogen-bond acceptors (Lipinski definition) is 4. The standard InChI is InChI=1S/C17H13BrClFN4O/c18-6-5-16(25)23-10-2-4-15-12(7-10)17(22-9-21-15)24-11-1-3-14(20)13(19)8-11/h1-4,7-9H,5-6H2,(H,23,25)(H,21,22,24). The first-order chi connectivity index (χ1) is 12.1. The molecule has 0 aliphatic rings. The fraction of sp³-hybridized carbons (Fsp3) is 0.118. The molecule has 5 nitrogen and oxygen atoms in total. The Labute approximate surface area is 156 Å². The summed E-state index contributed by atoms with van der Waals surface area (Å²) >= 11 is 9.05. The summed E-state index contributed by atoms with van der Waals surface area (Å²) in [5.41, 5.74) is 1.96. The molecule has 25 heavy (non-hydrogen) atoms. The first-order valence-corrected chi connectivity index (χ1v) is 8.89. The van der Waals surface area contributed by atoms with Gasteiger partial charge in [-0.05, 0) is 36.4 Å². The van der Waals surface area contributed by atoms with Crippen molar-refractivity contribution in [2.45, 2.75) is 6.42 Å². The van der Waals surface area contributed by atoms with Crippen molar-refractivity contribution in [2.75, 3.05) is 16.0 Å². The Balaban J connectivity index is 1.94. The minimum atomic E-state index is -0.489. The Morgan fingerprint density at radius 1 is 1.16 bits per heavy atom. The molecule has 1 aromatic heterocycles. The van der Waals surface area contributed by atoms with Crippen LogP contribution in [0.1, 0.15) is 6.42 Å². The summed E-state index contributed by atoms with van der Waals surface area (Å²) in [4.78, 5) is 20.2. The lowest BCUT2D eigenvalue weighted by atomic mass is 10.2. The van der Waals surface area contributed by atoms with Crippen LogP contribution in [0.3, 0.4) is 0 Å². The summed E-state index contributed by atoms with van der Waals surface area (Å²) in [6, 6.07) is 9.68. The van der Waals surface area contributed by atoms with Crippen LogP contribution < -0.4 is 10.6 Å². The summed E-state index contributed by atoms with van der Waals surface area (Å²) in [5, 5.41) is 7.25. The second kappa shape index (κ2) is 7.76. The van der Waals surface area contributed by atoms with E-state index in [9.17, 15) is 9.18 Å². The van der Waals surface area contributed by atoms with Gasteiger partial charge in [0.05, 0.1) is 10.5 Å². The van der Waals surface area contributed by atoms with Gasteiger partial charge in [0, 0.05) is 28.5 Å². The van der Waals surface area contributed by atoms with Gasteiger partial charge < -0.3 is 10.6 Å². The Hall–Kier alpha value is -2.25. The van der Waals surface area contributed by atoms with E-state index < -0.39 is 5.82 Å². The lowest BCUT2D eigenvalue weighted by Gasteiger charge is -2.10. The van der Waals surface area contributed by atoms with Crippen molar-refractivity contribution in [1.29, 1.82) is 0 Å². The molecule has 0 radical (unpaired) electrons. The third-order valence-corrected chi connectivity index (χ3v) is 4.11. The summed E-state index contributed by atoms with van der Waals surface area (Å²) < 4.78 is 13.3. The molecule has 8 heteroatoms. The number of hydrogen-bond donors (Lipinski definition) is 2. The molecule has 2 N–H and O–H groups in total. The molecule has 1 heterocycles. The summed E-state index contributed by atoms with van der Waals surface area (Å²) in [5.74, 6) is -0.0475. The Bertz CT molecular complexity index is 938. The lowest BCUT2D eigenvalue weighted by Crippen LogP contribution is -2.11. The number of carbonyl (C=O) groups is 1. The number of fused-ring (bicyclic) bond motifs is 1. The molecule has 0 aliphatic heterocycles. The maximum Gasteiger partial charge on any atom is 0.225 e. The van der Waals surface area contributed by atoms with Gasteiger partial charge in [-0.25, -0.2) is 14.4 Å². The zero-order chi connectivity index (χ0) is 17.8. The van der Waals surface area contributed by atoms with Gasteiger partial charge in [0.15, 0.2) is 0 Å². The second-order valence-corrected chi connectivity index (χ2v) is 6.40. The van der Waals surface area contributed by atoms with E-state index >= 15 is 0 Å². The van der Waals surface area contributed by atoms with Crippen LogP contribution in [0.25, 0.3) is 10.9 Å². The third kappa shape index (κ3) is 4.24. The van der Waals surface area contributed by atoms with E-state index in [2.05, 4.69) is 36.5 Å². The number of carbonyl (C=O) groups excluding carboxylic acids is 1. The van der Waals surface area contributed by atoms with Gasteiger partial charge in [0.1, 0.15) is 18.0 Å². The van der Waals surface area contributed by atoms with E-state index in [1.165, 1.54) is 18.5 Å². The maximum atomic E-state index is 13.3. The molecule has 0 saturated carbocycles. The number of amides is 1. The summed E-state index contributed by atoms with van der Waals surface area (Å²) in [6.45, 7) is 0. The second-order valence-electron chi connectivity index (χ2n) is 5.20. The molecule has 3 aromatic rings. The zero-order valence-electron chi connectivity index (χ0n) is 12.9. The van der Waals surface area contributed by atoms with E-state index in [0.29, 0.717) is 34.5 Å². The lowest BCUT2D eigenvalue weighted by molar-refractivity contribution is -0.115. The number of nitrogens with one attached hydrogen (secondary N) is 2. The minimum absolute atomic E-state index is 0.0195. The molecule has 128 valence electrons. The van der Waals surface area contributed by atoms with Crippen LogP contribution in [-0.2, 0) is 4.79 Å². The highest BCUT2D eigenvalue weighted by atomic mass is 79.9. The number of aromatic nitrogens is 2. The fourth-order valence-corrected chi connectivity index (χ4v) is 2.79. The number of halogens is 3. The first-order valence-electron chi connectivity index (χ1n) is 7.39. The topological polar surface area (TPSA) is 66.9 Å². The maximum absolute atomic E-state index is 13.3. The third-order valence-electron chi connectivity index (χ3n) is 3.42. The van der Waals surface area contributed by atoms with E-state index in [1.54, 1.807) is 24.3 Å². The van der Waals surface area contributed by atoms with Gasteiger partial charge in [-0.2, -0.15) is 0 Å². The van der Waals surface area contributed by atoms with Crippen LogP contribution >= 0.6 is 27.5 Å². The highest BCUT2D eigenvalue weighted by molar-refractivity contribution is 9.09. The predicted molar refractivity (Wildman–Crippen MR) is 101 cm³/mol. The van der Waals surface area contributed by atoms with E-state index in [0.717, 1.165) is 5.39 Å². The Morgan fingerprint density at radius 2 is 1.96 bits per heavy atom. The summed E-state index contributed by atoms with van der Waals surface area (Å²) in [7, 11) is 0. The SMILES string of the molecule is O=C(CCBr)Nc1ccc2ncnc(Nc3ccc(F)c(Cl)c3)c2c1. The molecular weight excluding hydrogens is 411 g/mol.